The normalized spacial score (nSPS) is 9.47. The molecule has 0 aliphatic rings. The molecule has 0 aliphatic carbocycles. The Kier molecular flexibility index (Phi) is 7.85. The highest BCUT2D eigenvalue weighted by atomic mass is 16.3. The van der Waals surface area contributed by atoms with E-state index in [1.807, 2.05) is 0 Å². The monoisotopic (exact) mass is 237 g/mol. The first-order valence-corrected chi connectivity index (χ1v) is 5.85. The van der Waals surface area contributed by atoms with Crippen molar-refractivity contribution in [2.24, 2.45) is 5.92 Å². The van der Waals surface area contributed by atoms with E-state index in [1.165, 1.54) is 24.1 Å². The van der Waals surface area contributed by atoms with Crippen LogP contribution < -0.4 is 4.90 Å². The Balaban J connectivity index is 0.000000770. The third-order valence-electron chi connectivity index (χ3n) is 2.46. The van der Waals surface area contributed by atoms with Crippen LogP contribution in [0.1, 0.15) is 25.8 Å². The first-order valence-electron chi connectivity index (χ1n) is 5.85. The molecule has 1 aromatic carbocycles. The third-order valence-corrected chi connectivity index (χ3v) is 2.46. The van der Waals surface area contributed by atoms with E-state index < -0.39 is 0 Å². The summed E-state index contributed by atoms with van der Waals surface area (Å²) in [6, 6.07) is 8.85. The van der Waals surface area contributed by atoms with E-state index in [-0.39, 0.29) is 6.47 Å². The summed E-state index contributed by atoms with van der Waals surface area (Å²) in [5.41, 5.74) is 2.72. The maximum atomic E-state index is 8.36. The predicted molar refractivity (Wildman–Crippen MR) is 72.6 cm³/mol. The van der Waals surface area contributed by atoms with Crippen LogP contribution in [-0.2, 0) is 11.2 Å². The molecule has 1 aromatic rings. The van der Waals surface area contributed by atoms with E-state index >= 15 is 0 Å². The molecule has 0 atom stereocenters. The first kappa shape index (κ1) is 15.5. The molecule has 1 rings (SSSR count). The minimum absolute atomic E-state index is 0.250. The minimum Gasteiger partial charge on any atom is -0.483 e. The van der Waals surface area contributed by atoms with Crippen molar-refractivity contribution in [3.8, 4) is 0 Å². The summed E-state index contributed by atoms with van der Waals surface area (Å²) in [4.78, 5) is 10.5. The Bertz CT molecular complexity index is 305. The van der Waals surface area contributed by atoms with Gasteiger partial charge in [-0.25, -0.2) is 0 Å². The molecule has 96 valence electrons. The Labute approximate surface area is 104 Å². The lowest BCUT2D eigenvalue weighted by atomic mass is 10.0. The van der Waals surface area contributed by atoms with Crippen molar-refractivity contribution >= 4 is 12.2 Å². The van der Waals surface area contributed by atoms with Crippen molar-refractivity contribution in [2.75, 3.05) is 19.0 Å². The van der Waals surface area contributed by atoms with Crippen molar-refractivity contribution in [3.05, 3.63) is 29.8 Å². The van der Waals surface area contributed by atoms with E-state index in [1.54, 1.807) is 0 Å². The van der Waals surface area contributed by atoms with E-state index in [4.69, 9.17) is 9.90 Å². The molecule has 0 aromatic heterocycles. The molecule has 1 N–H and O–H groups in total. The van der Waals surface area contributed by atoms with Gasteiger partial charge in [-0.05, 0) is 36.5 Å². The number of hydrogen-bond acceptors (Lipinski definition) is 2. The fraction of sp³-hybridized carbons (Fsp3) is 0.500. The Morgan fingerprint density at radius 1 is 1.24 bits per heavy atom. The highest BCUT2D eigenvalue weighted by molar-refractivity contribution is 5.45. The topological polar surface area (TPSA) is 40.5 Å². The summed E-state index contributed by atoms with van der Waals surface area (Å²) in [7, 11) is 4.15. The molecule has 0 heterocycles. The van der Waals surface area contributed by atoms with E-state index in [2.05, 4.69) is 57.1 Å². The number of carboxylic acid groups (broad SMARTS) is 1. The summed E-state index contributed by atoms with van der Waals surface area (Å²) in [5, 5.41) is 6.89. The van der Waals surface area contributed by atoms with E-state index in [0.717, 1.165) is 5.92 Å². The fourth-order valence-electron chi connectivity index (χ4n) is 1.42. The van der Waals surface area contributed by atoms with Gasteiger partial charge in [0.1, 0.15) is 0 Å². The SMILES string of the molecule is CC(C)CCc1ccc(N(C)C)cc1.O=CO. The van der Waals surface area contributed by atoms with Crippen molar-refractivity contribution in [1.29, 1.82) is 0 Å². The van der Waals surface area contributed by atoms with Gasteiger partial charge in [0, 0.05) is 19.8 Å². The van der Waals surface area contributed by atoms with Gasteiger partial charge in [0.05, 0.1) is 0 Å². The number of benzene rings is 1. The van der Waals surface area contributed by atoms with Gasteiger partial charge in [0.2, 0.25) is 0 Å². The molecular weight excluding hydrogens is 214 g/mol. The molecule has 0 saturated heterocycles. The van der Waals surface area contributed by atoms with Gasteiger partial charge in [-0.1, -0.05) is 26.0 Å². The standard InChI is InChI=1S/C13H21N.CH2O2/c1-11(2)5-6-12-7-9-13(10-8-12)14(3)4;2-1-3/h7-11H,5-6H2,1-4H3;1H,(H,2,3). The van der Waals surface area contributed by atoms with Gasteiger partial charge >= 0.3 is 0 Å². The lowest BCUT2D eigenvalue weighted by Crippen LogP contribution is -2.08. The number of aryl methyl sites for hydroxylation is 1. The molecule has 17 heavy (non-hydrogen) atoms. The molecule has 0 radical (unpaired) electrons. The number of anilines is 1. The van der Waals surface area contributed by atoms with Gasteiger partial charge < -0.3 is 10.0 Å². The zero-order valence-corrected chi connectivity index (χ0v) is 11.2. The number of hydrogen-bond donors (Lipinski definition) is 1. The van der Waals surface area contributed by atoms with Crippen LogP contribution in [0.25, 0.3) is 0 Å². The molecule has 0 bridgehead atoms. The maximum Gasteiger partial charge on any atom is 0.290 e. The van der Waals surface area contributed by atoms with Crippen LogP contribution in [0.5, 0.6) is 0 Å². The molecule has 0 spiro atoms. The van der Waals surface area contributed by atoms with Crippen molar-refractivity contribution in [3.63, 3.8) is 0 Å². The summed E-state index contributed by atoms with van der Waals surface area (Å²) in [6.45, 7) is 4.29. The van der Waals surface area contributed by atoms with Crippen LogP contribution in [0.2, 0.25) is 0 Å². The number of nitrogens with zero attached hydrogens (tertiary/aromatic N) is 1. The fourth-order valence-corrected chi connectivity index (χ4v) is 1.42. The Hall–Kier alpha value is -1.51. The average molecular weight is 237 g/mol. The second-order valence-corrected chi connectivity index (χ2v) is 4.60. The summed E-state index contributed by atoms with van der Waals surface area (Å²) < 4.78 is 0. The highest BCUT2D eigenvalue weighted by Gasteiger charge is 1.98. The van der Waals surface area contributed by atoms with Crippen LogP contribution in [0, 0.1) is 5.92 Å². The largest absolute Gasteiger partial charge is 0.483 e. The Morgan fingerprint density at radius 3 is 2.06 bits per heavy atom. The number of carbonyl (C=O) groups is 1. The van der Waals surface area contributed by atoms with Crippen LogP contribution in [0.3, 0.4) is 0 Å². The molecular formula is C14H23NO2. The van der Waals surface area contributed by atoms with Gasteiger partial charge in [-0.2, -0.15) is 0 Å². The summed E-state index contributed by atoms with van der Waals surface area (Å²) in [5.74, 6) is 0.795. The molecule has 0 aliphatic heterocycles. The molecule has 0 unspecified atom stereocenters. The van der Waals surface area contributed by atoms with Crippen molar-refractivity contribution in [2.45, 2.75) is 26.7 Å². The number of rotatable bonds is 4. The smallest absolute Gasteiger partial charge is 0.290 e. The first-order chi connectivity index (χ1) is 8.01. The van der Waals surface area contributed by atoms with Crippen molar-refractivity contribution < 1.29 is 9.90 Å². The van der Waals surface area contributed by atoms with Gasteiger partial charge in [0.25, 0.3) is 6.47 Å². The molecule has 0 fully saturated rings. The molecule has 3 nitrogen and oxygen atoms in total. The van der Waals surface area contributed by atoms with Gasteiger partial charge in [-0.15, -0.1) is 0 Å². The van der Waals surface area contributed by atoms with Crippen LogP contribution in [0.4, 0.5) is 5.69 Å². The summed E-state index contributed by atoms with van der Waals surface area (Å²) >= 11 is 0. The minimum atomic E-state index is -0.250. The van der Waals surface area contributed by atoms with Crippen LogP contribution >= 0.6 is 0 Å². The maximum absolute atomic E-state index is 8.36. The molecule has 0 saturated carbocycles. The van der Waals surface area contributed by atoms with Gasteiger partial charge in [-0.3, -0.25) is 4.79 Å². The summed E-state index contributed by atoms with van der Waals surface area (Å²) in [6.07, 6.45) is 2.48. The van der Waals surface area contributed by atoms with E-state index in [0.29, 0.717) is 0 Å². The predicted octanol–water partition coefficient (Wildman–Crippen LogP) is 3.04. The lowest BCUT2D eigenvalue weighted by molar-refractivity contribution is -0.122. The second kappa shape index (κ2) is 8.62. The Morgan fingerprint density at radius 2 is 1.71 bits per heavy atom. The molecule has 3 heteroatoms. The third kappa shape index (κ3) is 7.39. The zero-order valence-electron chi connectivity index (χ0n) is 11.2. The van der Waals surface area contributed by atoms with Crippen LogP contribution in [0.15, 0.2) is 24.3 Å². The quantitative estimate of drug-likeness (QED) is 0.818. The zero-order chi connectivity index (χ0) is 13.3. The van der Waals surface area contributed by atoms with E-state index in [9.17, 15) is 0 Å². The highest BCUT2D eigenvalue weighted by Crippen LogP contribution is 2.14. The van der Waals surface area contributed by atoms with Crippen LogP contribution in [-0.4, -0.2) is 25.7 Å². The average Bonchev–Trinajstić information content (AvgIpc) is 2.28. The lowest BCUT2D eigenvalue weighted by Gasteiger charge is -2.12. The van der Waals surface area contributed by atoms with Crippen molar-refractivity contribution in [1.82, 2.24) is 0 Å². The second-order valence-electron chi connectivity index (χ2n) is 4.60. The van der Waals surface area contributed by atoms with Gasteiger partial charge in [0.15, 0.2) is 0 Å². The molecule has 0 amide bonds.